The lowest BCUT2D eigenvalue weighted by Crippen LogP contribution is -2.40. The Morgan fingerprint density at radius 2 is 1.72 bits per heavy atom. The van der Waals surface area contributed by atoms with E-state index in [9.17, 15) is 9.59 Å². The molecule has 138 valence electrons. The van der Waals surface area contributed by atoms with Crippen molar-refractivity contribution in [2.75, 3.05) is 14.2 Å². The van der Waals surface area contributed by atoms with Gasteiger partial charge in [0.25, 0.3) is 0 Å². The van der Waals surface area contributed by atoms with Crippen LogP contribution in [0.5, 0.6) is 11.5 Å². The largest absolute Gasteiger partial charge is 0.493 e. The zero-order valence-corrected chi connectivity index (χ0v) is 15.1. The highest BCUT2D eigenvalue weighted by Crippen LogP contribution is 2.30. The number of amides is 1. The molecule has 1 aliphatic rings. The van der Waals surface area contributed by atoms with Crippen molar-refractivity contribution in [3.05, 3.63) is 23.8 Å². The van der Waals surface area contributed by atoms with Gasteiger partial charge in [0, 0.05) is 12.0 Å². The Balaban J connectivity index is 1.86. The van der Waals surface area contributed by atoms with E-state index in [1.165, 1.54) is 0 Å². The van der Waals surface area contributed by atoms with E-state index < -0.39 is 5.97 Å². The molecule has 0 bridgehead atoms. The average Bonchev–Trinajstić information content (AvgIpc) is 2.61. The minimum atomic E-state index is -0.749. The number of benzene rings is 1. The summed E-state index contributed by atoms with van der Waals surface area (Å²) >= 11 is 0. The lowest BCUT2D eigenvalue weighted by atomic mass is 9.81. The smallest absolute Gasteiger partial charge is 0.306 e. The SMILES string of the molecule is COc1ccc(CC(C)NC(=O)C2CCC(C(=O)O)CC2)cc1OC. The molecular formula is C19H27NO5. The topological polar surface area (TPSA) is 84.9 Å². The van der Waals surface area contributed by atoms with Crippen molar-refractivity contribution in [2.45, 2.75) is 45.1 Å². The number of hydrogen-bond donors (Lipinski definition) is 2. The minimum Gasteiger partial charge on any atom is -0.493 e. The van der Waals surface area contributed by atoms with E-state index in [1.807, 2.05) is 25.1 Å². The number of hydrogen-bond acceptors (Lipinski definition) is 4. The summed E-state index contributed by atoms with van der Waals surface area (Å²) in [6.07, 6.45) is 3.14. The van der Waals surface area contributed by atoms with Gasteiger partial charge in [-0.2, -0.15) is 0 Å². The van der Waals surface area contributed by atoms with Gasteiger partial charge in [0.2, 0.25) is 5.91 Å². The van der Waals surface area contributed by atoms with E-state index in [4.69, 9.17) is 14.6 Å². The molecule has 1 aliphatic carbocycles. The first kappa shape index (κ1) is 19.1. The number of carboxylic acids is 1. The average molecular weight is 349 g/mol. The summed E-state index contributed by atoms with van der Waals surface area (Å²) in [6, 6.07) is 5.72. The predicted molar refractivity (Wildman–Crippen MR) is 93.9 cm³/mol. The highest BCUT2D eigenvalue weighted by atomic mass is 16.5. The zero-order valence-electron chi connectivity index (χ0n) is 15.1. The first-order chi connectivity index (χ1) is 11.9. The van der Waals surface area contributed by atoms with Crippen LogP contribution >= 0.6 is 0 Å². The van der Waals surface area contributed by atoms with Gasteiger partial charge < -0.3 is 19.9 Å². The Hall–Kier alpha value is -2.24. The third kappa shape index (κ3) is 5.11. The summed E-state index contributed by atoms with van der Waals surface area (Å²) < 4.78 is 10.5. The van der Waals surface area contributed by atoms with Crippen LogP contribution in [0.15, 0.2) is 18.2 Å². The maximum Gasteiger partial charge on any atom is 0.306 e. The second-order valence-corrected chi connectivity index (χ2v) is 6.69. The van der Waals surface area contributed by atoms with E-state index in [0.29, 0.717) is 43.6 Å². The molecule has 1 fully saturated rings. The Morgan fingerprint density at radius 1 is 1.12 bits per heavy atom. The van der Waals surface area contributed by atoms with Crippen molar-refractivity contribution >= 4 is 11.9 Å². The molecule has 1 atom stereocenters. The highest BCUT2D eigenvalue weighted by Gasteiger charge is 2.30. The van der Waals surface area contributed by atoms with Crippen LogP contribution < -0.4 is 14.8 Å². The van der Waals surface area contributed by atoms with Crippen LogP contribution in [0.3, 0.4) is 0 Å². The number of aliphatic carboxylic acids is 1. The Bertz CT molecular complexity index is 608. The van der Waals surface area contributed by atoms with Crippen LogP contribution in [-0.2, 0) is 16.0 Å². The van der Waals surface area contributed by atoms with Crippen LogP contribution in [-0.4, -0.2) is 37.2 Å². The second kappa shape index (κ2) is 8.74. The van der Waals surface area contributed by atoms with Crippen molar-refractivity contribution < 1.29 is 24.2 Å². The van der Waals surface area contributed by atoms with Gasteiger partial charge in [-0.1, -0.05) is 6.07 Å². The molecule has 0 aromatic heterocycles. The summed E-state index contributed by atoms with van der Waals surface area (Å²) in [5, 5.41) is 12.1. The maximum atomic E-state index is 12.4. The van der Waals surface area contributed by atoms with Crippen LogP contribution in [0.25, 0.3) is 0 Å². The molecule has 6 nitrogen and oxygen atoms in total. The number of carbonyl (C=O) groups is 2. The van der Waals surface area contributed by atoms with Crippen LogP contribution in [0.1, 0.15) is 38.2 Å². The third-order valence-corrected chi connectivity index (χ3v) is 4.83. The number of nitrogens with one attached hydrogen (secondary N) is 1. The zero-order chi connectivity index (χ0) is 18.4. The molecule has 0 saturated heterocycles. The molecule has 1 saturated carbocycles. The molecule has 2 N–H and O–H groups in total. The number of methoxy groups -OCH3 is 2. The number of carbonyl (C=O) groups excluding carboxylic acids is 1. The molecule has 25 heavy (non-hydrogen) atoms. The van der Waals surface area contributed by atoms with Crippen molar-refractivity contribution in [3.63, 3.8) is 0 Å². The summed E-state index contributed by atoms with van der Waals surface area (Å²) in [6.45, 7) is 1.97. The third-order valence-electron chi connectivity index (χ3n) is 4.83. The Morgan fingerprint density at radius 3 is 2.28 bits per heavy atom. The summed E-state index contributed by atoms with van der Waals surface area (Å²) in [4.78, 5) is 23.4. The standard InChI is InChI=1S/C19H27NO5/c1-12(10-13-4-9-16(24-2)17(11-13)25-3)20-18(21)14-5-7-15(8-6-14)19(22)23/h4,9,11-12,14-15H,5-8,10H2,1-3H3,(H,20,21)(H,22,23). The van der Waals surface area contributed by atoms with Gasteiger partial charge in [-0.25, -0.2) is 0 Å². The number of rotatable bonds is 7. The van der Waals surface area contributed by atoms with Crippen molar-refractivity contribution in [3.8, 4) is 11.5 Å². The van der Waals surface area contributed by atoms with Gasteiger partial charge >= 0.3 is 5.97 Å². The molecule has 1 aromatic carbocycles. The quantitative estimate of drug-likeness (QED) is 0.790. The van der Waals surface area contributed by atoms with E-state index >= 15 is 0 Å². The van der Waals surface area contributed by atoms with Gasteiger partial charge in [-0.05, 0) is 56.7 Å². The molecule has 0 radical (unpaired) electrons. The lowest BCUT2D eigenvalue weighted by molar-refractivity contribution is -0.144. The van der Waals surface area contributed by atoms with Gasteiger partial charge in [-0.15, -0.1) is 0 Å². The van der Waals surface area contributed by atoms with Crippen molar-refractivity contribution in [2.24, 2.45) is 11.8 Å². The molecule has 0 heterocycles. The van der Waals surface area contributed by atoms with E-state index in [1.54, 1.807) is 14.2 Å². The van der Waals surface area contributed by atoms with E-state index in [-0.39, 0.29) is 23.8 Å². The lowest BCUT2D eigenvalue weighted by Gasteiger charge is -2.26. The first-order valence-electron chi connectivity index (χ1n) is 8.68. The summed E-state index contributed by atoms with van der Waals surface area (Å²) in [5.74, 6) is 0.248. The number of carboxylic acid groups (broad SMARTS) is 1. The fraction of sp³-hybridized carbons (Fsp3) is 0.579. The first-order valence-corrected chi connectivity index (χ1v) is 8.68. The van der Waals surface area contributed by atoms with Crippen LogP contribution in [0, 0.1) is 11.8 Å². The molecule has 1 unspecified atom stereocenters. The highest BCUT2D eigenvalue weighted by molar-refractivity contribution is 5.79. The Kier molecular flexibility index (Phi) is 6.67. The molecule has 2 rings (SSSR count). The summed E-state index contributed by atoms with van der Waals surface area (Å²) in [5.41, 5.74) is 1.06. The fourth-order valence-corrected chi connectivity index (χ4v) is 3.38. The minimum absolute atomic E-state index is 0.0113. The van der Waals surface area contributed by atoms with Crippen LogP contribution in [0.2, 0.25) is 0 Å². The molecular weight excluding hydrogens is 322 g/mol. The maximum absolute atomic E-state index is 12.4. The molecule has 1 aromatic rings. The molecule has 1 amide bonds. The normalized spacial score (nSPS) is 21.2. The Labute approximate surface area is 148 Å². The van der Waals surface area contributed by atoms with Gasteiger partial charge in [0.05, 0.1) is 20.1 Å². The second-order valence-electron chi connectivity index (χ2n) is 6.69. The summed E-state index contributed by atoms with van der Waals surface area (Å²) in [7, 11) is 3.19. The van der Waals surface area contributed by atoms with Gasteiger partial charge in [0.15, 0.2) is 11.5 Å². The fourth-order valence-electron chi connectivity index (χ4n) is 3.38. The van der Waals surface area contributed by atoms with Gasteiger partial charge in [-0.3, -0.25) is 9.59 Å². The van der Waals surface area contributed by atoms with E-state index in [0.717, 1.165) is 5.56 Å². The molecule has 0 aliphatic heterocycles. The predicted octanol–water partition coefficient (Wildman–Crippen LogP) is 2.64. The van der Waals surface area contributed by atoms with Crippen molar-refractivity contribution in [1.82, 2.24) is 5.32 Å². The van der Waals surface area contributed by atoms with Crippen molar-refractivity contribution in [1.29, 1.82) is 0 Å². The molecule has 0 spiro atoms. The molecule has 6 heteroatoms. The van der Waals surface area contributed by atoms with Gasteiger partial charge in [0.1, 0.15) is 0 Å². The monoisotopic (exact) mass is 349 g/mol. The number of ether oxygens (including phenoxy) is 2. The van der Waals surface area contributed by atoms with E-state index in [2.05, 4.69) is 5.32 Å². The van der Waals surface area contributed by atoms with Crippen LogP contribution in [0.4, 0.5) is 0 Å².